The van der Waals surface area contributed by atoms with E-state index in [1.807, 2.05) is 17.9 Å². The summed E-state index contributed by atoms with van der Waals surface area (Å²) in [5.41, 5.74) is 0.595. The third kappa shape index (κ3) is 3.00. The maximum absolute atomic E-state index is 13.7. The molecule has 0 aromatic heterocycles. The first kappa shape index (κ1) is 13.3. The Morgan fingerprint density at radius 2 is 2.22 bits per heavy atom. The van der Waals surface area contributed by atoms with Crippen molar-refractivity contribution < 1.29 is 14.2 Å². The zero-order valence-electron chi connectivity index (χ0n) is 10.7. The lowest BCUT2D eigenvalue weighted by molar-refractivity contribution is -0.0323. The lowest BCUT2D eigenvalue weighted by Gasteiger charge is -2.33. The predicted octanol–water partition coefficient (Wildman–Crippen LogP) is 2.05. The smallest absolute Gasteiger partial charge is 0.146 e. The van der Waals surface area contributed by atoms with E-state index in [0.29, 0.717) is 38.4 Å². The number of aliphatic hydroxyl groups excluding tert-OH is 1. The van der Waals surface area contributed by atoms with Gasteiger partial charge in [-0.15, -0.1) is 0 Å². The predicted molar refractivity (Wildman–Crippen MR) is 69.2 cm³/mol. The summed E-state index contributed by atoms with van der Waals surface area (Å²) in [6.45, 7) is 4.49. The number of hydrogen-bond acceptors (Lipinski definition) is 3. The Balaban J connectivity index is 2.07. The molecule has 0 aliphatic carbocycles. The summed E-state index contributed by atoms with van der Waals surface area (Å²) in [4.78, 5) is 1.96. The lowest BCUT2D eigenvalue weighted by atomic mass is 9.98. The minimum Gasteiger partial charge on any atom is -0.393 e. The van der Waals surface area contributed by atoms with Crippen molar-refractivity contribution in [3.8, 4) is 0 Å². The zero-order chi connectivity index (χ0) is 13.0. The number of nitrogens with zero attached hydrogens (tertiary/aromatic N) is 1. The van der Waals surface area contributed by atoms with Gasteiger partial charge in [-0.25, -0.2) is 4.39 Å². The Morgan fingerprint density at radius 1 is 1.44 bits per heavy atom. The maximum Gasteiger partial charge on any atom is 0.146 e. The van der Waals surface area contributed by atoms with Gasteiger partial charge in [-0.2, -0.15) is 0 Å². The fourth-order valence-corrected chi connectivity index (χ4v) is 2.35. The van der Waals surface area contributed by atoms with Crippen LogP contribution in [-0.2, 0) is 4.74 Å². The number of aliphatic hydroxyl groups is 1. The molecule has 1 aromatic rings. The second-order valence-electron chi connectivity index (χ2n) is 4.68. The van der Waals surface area contributed by atoms with Gasteiger partial charge in [0.25, 0.3) is 0 Å². The molecule has 0 saturated carbocycles. The van der Waals surface area contributed by atoms with Crippen LogP contribution in [0.4, 0.5) is 10.1 Å². The van der Waals surface area contributed by atoms with Gasteiger partial charge < -0.3 is 14.7 Å². The van der Waals surface area contributed by atoms with Crippen LogP contribution < -0.4 is 4.90 Å². The first-order valence-electron chi connectivity index (χ1n) is 6.47. The van der Waals surface area contributed by atoms with Gasteiger partial charge in [-0.3, -0.25) is 0 Å². The molecule has 1 N–H and O–H groups in total. The lowest BCUT2D eigenvalue weighted by Crippen LogP contribution is -2.41. The van der Waals surface area contributed by atoms with Crippen LogP contribution in [-0.4, -0.2) is 37.5 Å². The monoisotopic (exact) mass is 253 g/mol. The molecule has 2 unspecified atom stereocenters. The average Bonchev–Trinajstić information content (AvgIpc) is 2.39. The first-order chi connectivity index (χ1) is 8.72. The molecular weight excluding hydrogens is 233 g/mol. The van der Waals surface area contributed by atoms with Crippen molar-refractivity contribution in [3.05, 3.63) is 30.1 Å². The van der Waals surface area contributed by atoms with E-state index in [4.69, 9.17) is 4.74 Å². The highest BCUT2D eigenvalue weighted by atomic mass is 19.1. The number of anilines is 1. The van der Waals surface area contributed by atoms with Gasteiger partial charge in [0.1, 0.15) is 5.82 Å². The molecule has 100 valence electrons. The van der Waals surface area contributed by atoms with Crippen LogP contribution in [0.5, 0.6) is 0 Å². The van der Waals surface area contributed by atoms with Crippen LogP contribution >= 0.6 is 0 Å². The Kier molecular flexibility index (Phi) is 4.55. The summed E-state index contributed by atoms with van der Waals surface area (Å²) in [6.07, 6.45) is 0.319. The second-order valence-corrected chi connectivity index (χ2v) is 4.68. The Hall–Kier alpha value is -1.13. The highest BCUT2D eigenvalue weighted by molar-refractivity contribution is 5.47. The molecule has 1 saturated heterocycles. The number of hydrogen-bond donors (Lipinski definition) is 1. The number of ether oxygens (including phenoxy) is 1. The fourth-order valence-electron chi connectivity index (χ4n) is 2.35. The molecule has 1 heterocycles. The molecule has 3 nitrogen and oxygen atoms in total. The standard InChI is InChI=1S/C14H20FNO2/c1-2-16(13-6-4-3-5-12(13)15)9-11-10-18-8-7-14(11)17/h3-6,11,14,17H,2,7-10H2,1H3. The molecule has 1 aliphatic heterocycles. The summed E-state index contributed by atoms with van der Waals surface area (Å²) >= 11 is 0. The number of rotatable bonds is 4. The van der Waals surface area contributed by atoms with Crippen LogP contribution in [0, 0.1) is 11.7 Å². The van der Waals surface area contributed by atoms with Crippen LogP contribution in [0.1, 0.15) is 13.3 Å². The maximum atomic E-state index is 13.7. The van der Waals surface area contributed by atoms with Crippen LogP contribution in [0.25, 0.3) is 0 Å². The van der Waals surface area contributed by atoms with Crippen molar-refractivity contribution in [1.82, 2.24) is 0 Å². The summed E-state index contributed by atoms with van der Waals surface area (Å²) < 4.78 is 19.1. The summed E-state index contributed by atoms with van der Waals surface area (Å²) in [5, 5.41) is 9.93. The second kappa shape index (κ2) is 6.16. The molecule has 1 aliphatic rings. The van der Waals surface area contributed by atoms with Crippen molar-refractivity contribution in [2.24, 2.45) is 5.92 Å². The van der Waals surface area contributed by atoms with E-state index in [-0.39, 0.29) is 17.8 Å². The summed E-state index contributed by atoms with van der Waals surface area (Å²) in [5.74, 6) is -0.163. The highest BCUT2D eigenvalue weighted by Crippen LogP contribution is 2.22. The molecular formula is C14H20FNO2. The third-order valence-electron chi connectivity index (χ3n) is 3.46. The molecule has 18 heavy (non-hydrogen) atoms. The quantitative estimate of drug-likeness (QED) is 0.891. The van der Waals surface area contributed by atoms with Gasteiger partial charge in [0.2, 0.25) is 0 Å². The molecule has 2 rings (SSSR count). The van der Waals surface area contributed by atoms with Crippen LogP contribution in [0.3, 0.4) is 0 Å². The topological polar surface area (TPSA) is 32.7 Å². The summed E-state index contributed by atoms with van der Waals surface area (Å²) in [7, 11) is 0. The number of para-hydroxylation sites is 1. The molecule has 1 fully saturated rings. The summed E-state index contributed by atoms with van der Waals surface area (Å²) in [6, 6.07) is 6.75. The average molecular weight is 253 g/mol. The van der Waals surface area contributed by atoms with Gasteiger partial charge in [0, 0.05) is 25.6 Å². The van der Waals surface area contributed by atoms with Crippen LogP contribution in [0.2, 0.25) is 0 Å². The zero-order valence-corrected chi connectivity index (χ0v) is 10.7. The van der Waals surface area contributed by atoms with Gasteiger partial charge in [0.15, 0.2) is 0 Å². The fraction of sp³-hybridized carbons (Fsp3) is 0.571. The van der Waals surface area contributed by atoms with Gasteiger partial charge >= 0.3 is 0 Å². The minimum absolute atomic E-state index is 0.0540. The molecule has 1 aromatic carbocycles. The van der Waals surface area contributed by atoms with E-state index in [1.165, 1.54) is 6.07 Å². The van der Waals surface area contributed by atoms with Crippen molar-refractivity contribution in [2.45, 2.75) is 19.4 Å². The highest BCUT2D eigenvalue weighted by Gasteiger charge is 2.26. The van der Waals surface area contributed by atoms with E-state index in [1.54, 1.807) is 12.1 Å². The number of halogens is 1. The number of benzene rings is 1. The van der Waals surface area contributed by atoms with Crippen molar-refractivity contribution in [2.75, 3.05) is 31.2 Å². The third-order valence-corrected chi connectivity index (χ3v) is 3.46. The van der Waals surface area contributed by atoms with E-state index < -0.39 is 0 Å². The molecule has 2 atom stereocenters. The SMILES string of the molecule is CCN(CC1COCCC1O)c1ccccc1F. The van der Waals surface area contributed by atoms with Gasteiger partial charge in [-0.05, 0) is 25.5 Å². The van der Waals surface area contributed by atoms with Gasteiger partial charge in [0.05, 0.1) is 18.4 Å². The van der Waals surface area contributed by atoms with Crippen molar-refractivity contribution >= 4 is 5.69 Å². The van der Waals surface area contributed by atoms with E-state index in [2.05, 4.69) is 0 Å². The molecule has 0 amide bonds. The van der Waals surface area contributed by atoms with Crippen molar-refractivity contribution in [3.63, 3.8) is 0 Å². The molecule has 4 heteroatoms. The molecule has 0 bridgehead atoms. The molecule has 0 radical (unpaired) electrons. The van der Waals surface area contributed by atoms with Gasteiger partial charge in [-0.1, -0.05) is 12.1 Å². The van der Waals surface area contributed by atoms with E-state index >= 15 is 0 Å². The van der Waals surface area contributed by atoms with E-state index in [0.717, 1.165) is 0 Å². The van der Waals surface area contributed by atoms with Crippen molar-refractivity contribution in [1.29, 1.82) is 0 Å². The van der Waals surface area contributed by atoms with Crippen LogP contribution in [0.15, 0.2) is 24.3 Å². The first-order valence-corrected chi connectivity index (χ1v) is 6.47. The Labute approximate surface area is 107 Å². The minimum atomic E-state index is -0.348. The van der Waals surface area contributed by atoms with E-state index in [9.17, 15) is 9.50 Å². The largest absolute Gasteiger partial charge is 0.393 e. The molecule has 0 spiro atoms. The normalized spacial score (nSPS) is 23.9. The Morgan fingerprint density at radius 3 is 2.89 bits per heavy atom. The Bertz CT molecular complexity index is 386.